The average Bonchev–Trinajstić information content (AvgIpc) is 2.61. The van der Waals surface area contributed by atoms with Crippen molar-refractivity contribution in [3.63, 3.8) is 0 Å². The Labute approximate surface area is 151 Å². The van der Waals surface area contributed by atoms with Crippen molar-refractivity contribution in [2.75, 3.05) is 0 Å². The molecule has 0 aromatic carbocycles. The first-order valence-corrected chi connectivity index (χ1v) is 8.85. The molecule has 0 radical (unpaired) electrons. The fraction of sp³-hybridized carbons (Fsp3) is 0.429. The molecule has 0 aliphatic heterocycles. The largest absolute Gasteiger partial charge is 0.375 e. The van der Waals surface area contributed by atoms with E-state index < -0.39 is 0 Å². The molecule has 1 aromatic heterocycles. The summed E-state index contributed by atoms with van der Waals surface area (Å²) < 4.78 is 0. The molecule has 0 unspecified atom stereocenters. The molecule has 0 saturated heterocycles. The normalized spacial score (nSPS) is 21.0. The molecule has 2 rings (SSSR count). The third-order valence-corrected chi connectivity index (χ3v) is 4.50. The molecule has 0 amide bonds. The van der Waals surface area contributed by atoms with Gasteiger partial charge in [0.1, 0.15) is 0 Å². The first-order chi connectivity index (χ1) is 12.1. The third-order valence-electron chi connectivity index (χ3n) is 4.50. The molecule has 132 valence electrons. The highest BCUT2D eigenvalue weighted by atomic mass is 14.9. The van der Waals surface area contributed by atoms with Crippen LogP contribution in [0.2, 0.25) is 0 Å². The summed E-state index contributed by atoms with van der Waals surface area (Å²) in [6.07, 6.45) is 12.1. The van der Waals surface area contributed by atoms with E-state index in [2.05, 4.69) is 52.3 Å². The topological polar surface area (TPSA) is 49.6 Å². The van der Waals surface area contributed by atoms with Crippen LogP contribution in [0, 0.1) is 12.8 Å². The molecule has 1 aliphatic carbocycles. The molecule has 1 fully saturated rings. The van der Waals surface area contributed by atoms with E-state index in [9.17, 15) is 0 Å². The van der Waals surface area contributed by atoms with Gasteiger partial charge in [-0.15, -0.1) is 5.73 Å². The number of rotatable bonds is 7. The van der Waals surface area contributed by atoms with Crippen LogP contribution in [0.5, 0.6) is 0 Å². The molecule has 0 spiro atoms. The fourth-order valence-electron chi connectivity index (χ4n) is 3.06. The lowest BCUT2D eigenvalue weighted by Gasteiger charge is -2.28. The highest BCUT2D eigenvalue weighted by Crippen LogP contribution is 2.24. The molecule has 0 atom stereocenters. The minimum absolute atomic E-state index is 0.461. The Bertz CT molecular complexity index is 688. The summed E-state index contributed by atoms with van der Waals surface area (Å²) in [5.41, 5.74) is 6.91. The van der Waals surface area contributed by atoms with Crippen LogP contribution in [0.25, 0.3) is 0 Å². The Kier molecular flexibility index (Phi) is 7.36. The van der Waals surface area contributed by atoms with Gasteiger partial charge in [0.25, 0.3) is 0 Å². The van der Waals surface area contributed by atoms with Gasteiger partial charge in [0.2, 0.25) is 0 Å². The molecule has 25 heavy (non-hydrogen) atoms. The Balaban J connectivity index is 2.02. The van der Waals surface area contributed by atoms with Crippen LogP contribution in [0.15, 0.2) is 58.2 Å². The number of pyridine rings is 1. The highest BCUT2D eigenvalue weighted by molar-refractivity contribution is 5.84. The average molecular weight is 336 g/mol. The van der Waals surface area contributed by atoms with E-state index in [-0.39, 0.29) is 0 Å². The van der Waals surface area contributed by atoms with Crippen LogP contribution in [0.1, 0.15) is 43.7 Å². The second-order valence-electron chi connectivity index (χ2n) is 6.76. The van der Waals surface area contributed by atoms with Crippen molar-refractivity contribution in [3.05, 3.63) is 59.4 Å². The van der Waals surface area contributed by atoms with Gasteiger partial charge in [0.15, 0.2) is 0 Å². The van der Waals surface area contributed by atoms with E-state index in [1.807, 2.05) is 25.5 Å². The highest BCUT2D eigenvalue weighted by Gasteiger charge is 2.19. The van der Waals surface area contributed by atoms with Crippen molar-refractivity contribution in [2.45, 2.75) is 52.1 Å². The Hall–Kier alpha value is -2.45. The number of nitrogens with one attached hydrogen (secondary N) is 1. The maximum atomic E-state index is 4.53. The molecule has 4 heteroatoms. The molecular formula is C21H28N4. The molecule has 1 heterocycles. The Morgan fingerprint density at radius 1 is 1.36 bits per heavy atom. The summed E-state index contributed by atoms with van der Waals surface area (Å²) in [7, 11) is 0. The standard InChI is InChI=1S/C21H28N4/c1-5-21(25-20-8-6-16(2)7-9-20)19(14-22-4)15-24-13-18-10-17(3)11-23-12-18/h10-12,14-16,20,25H,1,4,6-9,13H2,2-3H3/b19-14+,24-15?. The zero-order valence-electron chi connectivity index (χ0n) is 15.3. The van der Waals surface area contributed by atoms with E-state index in [1.165, 1.54) is 25.7 Å². The number of aryl methyl sites for hydroxylation is 1. The lowest BCUT2D eigenvalue weighted by molar-refractivity contribution is 0.322. The summed E-state index contributed by atoms with van der Waals surface area (Å²) in [4.78, 5) is 12.6. The number of nitrogens with zero attached hydrogens (tertiary/aromatic N) is 3. The van der Waals surface area contributed by atoms with Gasteiger partial charge in [0, 0.05) is 36.4 Å². The monoisotopic (exact) mass is 336 g/mol. The van der Waals surface area contributed by atoms with Crippen LogP contribution < -0.4 is 5.32 Å². The number of hydrogen-bond acceptors (Lipinski definition) is 4. The Morgan fingerprint density at radius 3 is 2.76 bits per heavy atom. The smallest absolute Gasteiger partial charge is 0.0874 e. The van der Waals surface area contributed by atoms with Crippen molar-refractivity contribution in [1.29, 1.82) is 0 Å². The van der Waals surface area contributed by atoms with Gasteiger partial charge in [-0.05, 0) is 56.4 Å². The maximum absolute atomic E-state index is 4.53. The molecule has 1 saturated carbocycles. The van der Waals surface area contributed by atoms with Crippen LogP contribution >= 0.6 is 0 Å². The Morgan fingerprint density at radius 2 is 2.12 bits per heavy atom. The predicted octanol–water partition coefficient (Wildman–Crippen LogP) is 4.38. The maximum Gasteiger partial charge on any atom is 0.0874 e. The number of allylic oxidation sites excluding steroid dienone is 1. The number of aliphatic imine (C=N–C) groups is 2. The minimum atomic E-state index is 0.461. The summed E-state index contributed by atoms with van der Waals surface area (Å²) in [5.74, 6) is 0.823. The van der Waals surface area contributed by atoms with Gasteiger partial charge < -0.3 is 5.32 Å². The molecule has 1 aromatic rings. The summed E-state index contributed by atoms with van der Waals surface area (Å²) in [5, 5.41) is 3.55. The lowest BCUT2D eigenvalue weighted by Crippen LogP contribution is -2.32. The first kappa shape index (κ1) is 18.9. The van der Waals surface area contributed by atoms with Gasteiger partial charge in [-0.2, -0.15) is 0 Å². The zero-order valence-corrected chi connectivity index (χ0v) is 15.3. The fourth-order valence-corrected chi connectivity index (χ4v) is 3.06. The van der Waals surface area contributed by atoms with E-state index in [1.54, 1.807) is 6.20 Å². The predicted molar refractivity (Wildman–Crippen MR) is 106 cm³/mol. The molecule has 4 nitrogen and oxygen atoms in total. The summed E-state index contributed by atoms with van der Waals surface area (Å²) in [6, 6.07) is 2.55. The molecule has 1 N–H and O–H groups in total. The van der Waals surface area contributed by atoms with Crippen molar-refractivity contribution >= 4 is 12.9 Å². The molecule has 0 bridgehead atoms. The van der Waals surface area contributed by atoms with Crippen LogP contribution in [0.4, 0.5) is 0 Å². The number of hydrogen-bond donors (Lipinski definition) is 1. The summed E-state index contributed by atoms with van der Waals surface area (Å²) >= 11 is 0. The SMILES string of the molecule is C=C=C(NC1CCC(C)CC1)/C(C=NCc1cncc(C)c1)=C/N=C. The minimum Gasteiger partial charge on any atom is -0.375 e. The van der Waals surface area contributed by atoms with Crippen molar-refractivity contribution in [3.8, 4) is 0 Å². The van der Waals surface area contributed by atoms with Gasteiger partial charge in [-0.3, -0.25) is 15.0 Å². The van der Waals surface area contributed by atoms with Crippen molar-refractivity contribution in [1.82, 2.24) is 10.3 Å². The summed E-state index contributed by atoms with van der Waals surface area (Å²) in [6.45, 7) is 12.3. The zero-order chi connectivity index (χ0) is 18.1. The van der Waals surface area contributed by atoms with E-state index in [4.69, 9.17) is 0 Å². The number of aromatic nitrogens is 1. The van der Waals surface area contributed by atoms with Gasteiger partial charge in [-0.1, -0.05) is 19.6 Å². The quantitative estimate of drug-likeness (QED) is 0.456. The third kappa shape index (κ3) is 6.17. The second-order valence-corrected chi connectivity index (χ2v) is 6.76. The second kappa shape index (κ2) is 9.75. The van der Waals surface area contributed by atoms with Crippen molar-refractivity contribution < 1.29 is 0 Å². The van der Waals surface area contributed by atoms with E-state index >= 15 is 0 Å². The van der Waals surface area contributed by atoms with Crippen LogP contribution in [-0.2, 0) is 6.54 Å². The van der Waals surface area contributed by atoms with E-state index in [0.717, 1.165) is 28.3 Å². The van der Waals surface area contributed by atoms with Crippen LogP contribution in [-0.4, -0.2) is 24.0 Å². The van der Waals surface area contributed by atoms with Gasteiger partial charge in [-0.25, -0.2) is 0 Å². The van der Waals surface area contributed by atoms with Crippen LogP contribution in [0.3, 0.4) is 0 Å². The molecule has 1 aliphatic rings. The van der Waals surface area contributed by atoms with Crippen molar-refractivity contribution in [2.24, 2.45) is 15.9 Å². The van der Waals surface area contributed by atoms with Gasteiger partial charge >= 0.3 is 0 Å². The molecular weight excluding hydrogens is 308 g/mol. The first-order valence-electron chi connectivity index (χ1n) is 8.85. The van der Waals surface area contributed by atoms with Gasteiger partial charge in [0.05, 0.1) is 12.2 Å². The lowest BCUT2D eigenvalue weighted by atomic mass is 9.87. The van der Waals surface area contributed by atoms with E-state index in [0.29, 0.717) is 12.6 Å².